The molecule has 0 atom stereocenters. The van der Waals surface area contributed by atoms with Gasteiger partial charge in [0.25, 0.3) is 5.91 Å². The van der Waals surface area contributed by atoms with Gasteiger partial charge in [-0.25, -0.2) is 9.97 Å². The molecular formula is C15H26N4O. The monoisotopic (exact) mass is 278 g/mol. The van der Waals surface area contributed by atoms with Crippen LogP contribution in [0.4, 0.5) is 5.69 Å². The zero-order chi connectivity index (χ0) is 15.0. The summed E-state index contributed by atoms with van der Waals surface area (Å²) < 4.78 is 0. The molecule has 5 heteroatoms. The fraction of sp³-hybridized carbons (Fsp3) is 0.667. The highest BCUT2D eigenvalue weighted by Crippen LogP contribution is 2.15. The van der Waals surface area contributed by atoms with Gasteiger partial charge in [0.15, 0.2) is 5.69 Å². The molecule has 0 saturated carbocycles. The van der Waals surface area contributed by atoms with E-state index in [1.165, 1.54) is 12.8 Å². The summed E-state index contributed by atoms with van der Waals surface area (Å²) in [4.78, 5) is 20.8. The molecule has 0 unspecified atom stereocenters. The molecule has 5 nitrogen and oxygen atoms in total. The molecule has 0 spiro atoms. The van der Waals surface area contributed by atoms with E-state index in [-0.39, 0.29) is 11.8 Å². The molecule has 0 aliphatic heterocycles. The summed E-state index contributed by atoms with van der Waals surface area (Å²) in [7, 11) is 1.77. The molecule has 20 heavy (non-hydrogen) atoms. The van der Waals surface area contributed by atoms with Gasteiger partial charge in [0, 0.05) is 19.5 Å². The predicted molar refractivity (Wildman–Crippen MR) is 82.1 cm³/mol. The van der Waals surface area contributed by atoms with Gasteiger partial charge in [-0.15, -0.1) is 0 Å². The predicted octanol–water partition coefficient (Wildman–Crippen LogP) is 2.95. The van der Waals surface area contributed by atoms with Crippen molar-refractivity contribution in [1.82, 2.24) is 15.3 Å². The standard InChI is InChI=1S/C15H26N4O/c1-5-6-7-8-9-17-15(20)13-12(16-4)10-18-14(19-13)11(2)3/h10-11,16H,5-9H2,1-4H3,(H,17,20). The highest BCUT2D eigenvalue weighted by Gasteiger charge is 2.15. The van der Waals surface area contributed by atoms with Crippen molar-refractivity contribution in [2.24, 2.45) is 0 Å². The maximum absolute atomic E-state index is 12.2. The molecule has 112 valence electrons. The van der Waals surface area contributed by atoms with Crippen molar-refractivity contribution >= 4 is 11.6 Å². The van der Waals surface area contributed by atoms with Gasteiger partial charge in [-0.05, 0) is 6.42 Å². The fourth-order valence-electron chi connectivity index (χ4n) is 1.87. The van der Waals surface area contributed by atoms with E-state index in [2.05, 4.69) is 27.5 Å². The topological polar surface area (TPSA) is 66.9 Å². The van der Waals surface area contributed by atoms with E-state index < -0.39 is 0 Å². The van der Waals surface area contributed by atoms with E-state index in [0.29, 0.717) is 23.8 Å². The Hall–Kier alpha value is -1.65. The summed E-state index contributed by atoms with van der Waals surface area (Å²) in [5.41, 5.74) is 1.10. The van der Waals surface area contributed by atoms with Gasteiger partial charge in [-0.3, -0.25) is 4.79 Å². The third-order valence-electron chi connectivity index (χ3n) is 3.12. The van der Waals surface area contributed by atoms with Gasteiger partial charge < -0.3 is 10.6 Å². The van der Waals surface area contributed by atoms with Crippen LogP contribution in [0.25, 0.3) is 0 Å². The summed E-state index contributed by atoms with van der Waals surface area (Å²) in [6, 6.07) is 0. The van der Waals surface area contributed by atoms with Crippen LogP contribution in [0.5, 0.6) is 0 Å². The van der Waals surface area contributed by atoms with Crippen LogP contribution in [0.15, 0.2) is 6.20 Å². The number of amides is 1. The zero-order valence-corrected chi connectivity index (χ0v) is 13.0. The number of anilines is 1. The summed E-state index contributed by atoms with van der Waals surface area (Å²) in [6.45, 7) is 6.90. The minimum absolute atomic E-state index is 0.129. The lowest BCUT2D eigenvalue weighted by atomic mass is 10.2. The van der Waals surface area contributed by atoms with Crippen LogP contribution in [-0.4, -0.2) is 29.5 Å². The number of unbranched alkanes of at least 4 members (excludes halogenated alkanes) is 3. The number of carbonyl (C=O) groups is 1. The maximum atomic E-state index is 12.2. The molecule has 0 aliphatic rings. The average Bonchev–Trinajstić information content (AvgIpc) is 2.46. The number of hydrogen-bond acceptors (Lipinski definition) is 4. The first-order valence-electron chi connectivity index (χ1n) is 7.43. The first-order valence-corrected chi connectivity index (χ1v) is 7.43. The molecule has 2 N–H and O–H groups in total. The number of hydrogen-bond donors (Lipinski definition) is 2. The van der Waals surface area contributed by atoms with Crippen LogP contribution in [0, 0.1) is 0 Å². The Labute approximate surface area is 121 Å². The normalized spacial score (nSPS) is 10.7. The highest BCUT2D eigenvalue weighted by molar-refractivity contribution is 5.97. The highest BCUT2D eigenvalue weighted by atomic mass is 16.1. The molecule has 1 aromatic rings. The second-order valence-corrected chi connectivity index (χ2v) is 5.21. The van der Waals surface area contributed by atoms with E-state index in [9.17, 15) is 4.79 Å². The van der Waals surface area contributed by atoms with Crippen molar-refractivity contribution in [3.8, 4) is 0 Å². The lowest BCUT2D eigenvalue weighted by molar-refractivity contribution is 0.0948. The molecule has 1 amide bonds. The Kier molecular flexibility index (Phi) is 6.98. The van der Waals surface area contributed by atoms with Crippen LogP contribution in [-0.2, 0) is 0 Å². The number of aromatic nitrogens is 2. The molecule has 0 fully saturated rings. The molecule has 1 aromatic heterocycles. The zero-order valence-electron chi connectivity index (χ0n) is 13.0. The first kappa shape index (κ1) is 16.4. The smallest absolute Gasteiger partial charge is 0.272 e. The van der Waals surface area contributed by atoms with Crippen LogP contribution < -0.4 is 10.6 Å². The molecule has 1 rings (SSSR count). The van der Waals surface area contributed by atoms with Gasteiger partial charge in [0.05, 0.1) is 11.9 Å². The van der Waals surface area contributed by atoms with Gasteiger partial charge >= 0.3 is 0 Å². The molecular weight excluding hydrogens is 252 g/mol. The maximum Gasteiger partial charge on any atom is 0.272 e. The van der Waals surface area contributed by atoms with Crippen LogP contribution in [0.2, 0.25) is 0 Å². The van der Waals surface area contributed by atoms with E-state index in [4.69, 9.17) is 0 Å². The Balaban J connectivity index is 2.67. The molecule has 0 aliphatic carbocycles. The van der Waals surface area contributed by atoms with Crippen molar-refractivity contribution in [2.75, 3.05) is 18.9 Å². The molecule has 1 heterocycles. The quantitative estimate of drug-likeness (QED) is 0.717. The van der Waals surface area contributed by atoms with Gasteiger partial charge in [0.2, 0.25) is 0 Å². The number of nitrogens with zero attached hydrogens (tertiary/aromatic N) is 2. The van der Waals surface area contributed by atoms with Crippen LogP contribution >= 0.6 is 0 Å². The van der Waals surface area contributed by atoms with Crippen molar-refractivity contribution < 1.29 is 4.79 Å². The number of nitrogens with one attached hydrogen (secondary N) is 2. The third kappa shape index (κ3) is 4.79. The second kappa shape index (κ2) is 8.51. The van der Waals surface area contributed by atoms with E-state index in [0.717, 1.165) is 12.8 Å². The van der Waals surface area contributed by atoms with E-state index in [1.807, 2.05) is 13.8 Å². The van der Waals surface area contributed by atoms with Crippen molar-refractivity contribution in [3.05, 3.63) is 17.7 Å². The average molecular weight is 278 g/mol. The minimum atomic E-state index is -0.129. The summed E-state index contributed by atoms with van der Waals surface area (Å²) in [5.74, 6) is 0.771. The van der Waals surface area contributed by atoms with E-state index in [1.54, 1.807) is 13.2 Å². The lowest BCUT2D eigenvalue weighted by Crippen LogP contribution is -2.27. The first-order chi connectivity index (χ1) is 9.60. The minimum Gasteiger partial charge on any atom is -0.385 e. The molecule has 0 aromatic carbocycles. The Morgan fingerprint density at radius 1 is 1.30 bits per heavy atom. The van der Waals surface area contributed by atoms with E-state index >= 15 is 0 Å². The Bertz CT molecular complexity index is 432. The number of rotatable bonds is 8. The van der Waals surface area contributed by atoms with Crippen molar-refractivity contribution in [2.45, 2.75) is 52.4 Å². The van der Waals surface area contributed by atoms with Gasteiger partial charge in [-0.2, -0.15) is 0 Å². The van der Waals surface area contributed by atoms with Gasteiger partial charge in [-0.1, -0.05) is 40.0 Å². The largest absolute Gasteiger partial charge is 0.385 e. The number of carbonyl (C=O) groups excluding carboxylic acids is 1. The van der Waals surface area contributed by atoms with Crippen molar-refractivity contribution in [1.29, 1.82) is 0 Å². The van der Waals surface area contributed by atoms with Crippen molar-refractivity contribution in [3.63, 3.8) is 0 Å². The third-order valence-corrected chi connectivity index (χ3v) is 3.12. The Morgan fingerprint density at radius 2 is 2.05 bits per heavy atom. The second-order valence-electron chi connectivity index (χ2n) is 5.21. The summed E-state index contributed by atoms with van der Waals surface area (Å²) >= 11 is 0. The van der Waals surface area contributed by atoms with Gasteiger partial charge in [0.1, 0.15) is 5.82 Å². The fourth-order valence-corrected chi connectivity index (χ4v) is 1.87. The summed E-state index contributed by atoms with van der Waals surface area (Å²) in [6.07, 6.45) is 6.24. The van der Waals surface area contributed by atoms with Crippen LogP contribution in [0.3, 0.4) is 0 Å². The molecule has 0 radical (unpaired) electrons. The molecule has 0 saturated heterocycles. The summed E-state index contributed by atoms with van der Waals surface area (Å²) in [5, 5.41) is 5.90. The Morgan fingerprint density at radius 3 is 2.65 bits per heavy atom. The molecule has 0 bridgehead atoms. The van der Waals surface area contributed by atoms with Crippen LogP contribution in [0.1, 0.15) is 68.7 Å². The lowest BCUT2D eigenvalue weighted by Gasteiger charge is -2.11. The SMILES string of the molecule is CCCCCCNC(=O)c1nc(C(C)C)ncc1NC.